The summed E-state index contributed by atoms with van der Waals surface area (Å²) in [5.41, 5.74) is 9.07. The Bertz CT molecular complexity index is 606. The van der Waals surface area contributed by atoms with Crippen LogP contribution >= 0.6 is 0 Å². The molecule has 0 fully saturated rings. The van der Waals surface area contributed by atoms with Crippen molar-refractivity contribution < 1.29 is 4.74 Å². The maximum absolute atomic E-state index is 5.79. The normalized spacial score (nSPS) is 11.4. The molecule has 2 rings (SSSR count). The van der Waals surface area contributed by atoms with Crippen molar-refractivity contribution in [2.75, 3.05) is 14.1 Å². The molecule has 2 aromatic carbocycles. The van der Waals surface area contributed by atoms with Crippen LogP contribution in [-0.2, 0) is 13.2 Å². The van der Waals surface area contributed by atoms with Crippen molar-refractivity contribution in [2.24, 2.45) is 10.7 Å². The predicted octanol–water partition coefficient (Wildman–Crippen LogP) is 2.32. The zero-order chi connectivity index (χ0) is 15.1. The van der Waals surface area contributed by atoms with Gasteiger partial charge in [0.25, 0.3) is 0 Å². The summed E-state index contributed by atoms with van der Waals surface area (Å²) in [7, 11) is 3.62. The number of aliphatic imine (C=N–C) groups is 1. The molecule has 21 heavy (non-hydrogen) atoms. The Balaban J connectivity index is 1.98. The van der Waals surface area contributed by atoms with Gasteiger partial charge >= 0.3 is 0 Å². The van der Waals surface area contributed by atoms with Gasteiger partial charge in [-0.15, -0.1) is 0 Å². The Morgan fingerprint density at radius 2 is 1.86 bits per heavy atom. The lowest BCUT2D eigenvalue weighted by Gasteiger charge is -2.08. The van der Waals surface area contributed by atoms with Crippen LogP contribution in [0.1, 0.15) is 16.7 Å². The number of amidine groups is 1. The summed E-state index contributed by atoms with van der Waals surface area (Å²) in [4.78, 5) is 3.96. The van der Waals surface area contributed by atoms with Gasteiger partial charge in [0, 0.05) is 19.2 Å². The molecule has 0 radical (unpaired) electrons. The summed E-state index contributed by atoms with van der Waals surface area (Å²) in [5.74, 6) is 1.35. The molecule has 0 aliphatic carbocycles. The second-order valence-corrected chi connectivity index (χ2v) is 4.77. The van der Waals surface area contributed by atoms with Crippen LogP contribution in [0.3, 0.4) is 0 Å². The van der Waals surface area contributed by atoms with Gasteiger partial charge in [0.1, 0.15) is 18.2 Å². The van der Waals surface area contributed by atoms with Crippen molar-refractivity contribution in [3.8, 4) is 5.75 Å². The molecule has 0 aliphatic heterocycles. The number of nitrogens with zero attached hydrogens (tertiary/aromatic N) is 1. The van der Waals surface area contributed by atoms with Gasteiger partial charge < -0.3 is 15.8 Å². The summed E-state index contributed by atoms with van der Waals surface area (Å²) in [6.45, 7) is 1.41. The van der Waals surface area contributed by atoms with Crippen LogP contribution < -0.4 is 15.8 Å². The highest BCUT2D eigenvalue weighted by Crippen LogP contribution is 2.15. The fourth-order valence-electron chi connectivity index (χ4n) is 2.05. The van der Waals surface area contributed by atoms with E-state index in [1.807, 2.05) is 37.4 Å². The van der Waals surface area contributed by atoms with Crippen LogP contribution in [0.2, 0.25) is 0 Å². The maximum atomic E-state index is 5.79. The predicted molar refractivity (Wildman–Crippen MR) is 86.6 cm³/mol. The molecule has 0 spiro atoms. The molecular formula is C17H21N3O. The molecule has 0 amide bonds. The van der Waals surface area contributed by atoms with Crippen LogP contribution in [-0.4, -0.2) is 19.9 Å². The van der Waals surface area contributed by atoms with Crippen molar-refractivity contribution in [3.63, 3.8) is 0 Å². The minimum Gasteiger partial charge on any atom is -0.489 e. The highest BCUT2D eigenvalue weighted by molar-refractivity contribution is 5.97. The Hall–Kier alpha value is -2.33. The molecule has 0 atom stereocenters. The Labute approximate surface area is 125 Å². The summed E-state index contributed by atoms with van der Waals surface area (Å²) in [6, 6.07) is 16.0. The van der Waals surface area contributed by atoms with Crippen LogP contribution in [0, 0.1) is 0 Å². The third-order valence-corrected chi connectivity index (χ3v) is 3.17. The van der Waals surface area contributed by atoms with Crippen molar-refractivity contribution in [1.29, 1.82) is 0 Å². The topological polar surface area (TPSA) is 59.6 Å². The molecule has 4 heteroatoms. The van der Waals surface area contributed by atoms with Crippen molar-refractivity contribution in [2.45, 2.75) is 13.2 Å². The summed E-state index contributed by atoms with van der Waals surface area (Å²) < 4.78 is 5.79. The molecule has 0 saturated heterocycles. The molecule has 4 nitrogen and oxygen atoms in total. The van der Waals surface area contributed by atoms with Gasteiger partial charge in [-0.05, 0) is 42.4 Å². The monoisotopic (exact) mass is 283 g/mol. The summed E-state index contributed by atoms with van der Waals surface area (Å²) >= 11 is 0. The molecule has 0 heterocycles. The zero-order valence-electron chi connectivity index (χ0n) is 12.5. The molecular weight excluding hydrogens is 262 g/mol. The van der Waals surface area contributed by atoms with E-state index < -0.39 is 0 Å². The van der Waals surface area contributed by atoms with E-state index in [9.17, 15) is 0 Å². The molecule has 0 unspecified atom stereocenters. The number of nitrogens with two attached hydrogens (primary N) is 1. The highest BCUT2D eigenvalue weighted by atomic mass is 16.5. The lowest BCUT2D eigenvalue weighted by Crippen LogP contribution is -2.12. The first-order valence-corrected chi connectivity index (χ1v) is 6.91. The number of hydrogen-bond donors (Lipinski definition) is 2. The highest BCUT2D eigenvalue weighted by Gasteiger charge is 2.00. The quantitative estimate of drug-likeness (QED) is 0.632. The van der Waals surface area contributed by atoms with E-state index in [0.29, 0.717) is 12.4 Å². The fraction of sp³-hybridized carbons (Fsp3) is 0.235. The van der Waals surface area contributed by atoms with Crippen LogP contribution in [0.4, 0.5) is 0 Å². The van der Waals surface area contributed by atoms with E-state index in [1.54, 1.807) is 7.05 Å². The number of rotatable bonds is 6. The maximum Gasteiger partial charge on any atom is 0.125 e. The third-order valence-electron chi connectivity index (χ3n) is 3.17. The SMILES string of the molecule is CN=C(N)c1ccc(OCc2cccc(CNC)c2)cc1. The second-order valence-electron chi connectivity index (χ2n) is 4.77. The Morgan fingerprint density at radius 3 is 2.52 bits per heavy atom. The first kappa shape index (κ1) is 15.1. The number of nitrogens with one attached hydrogen (secondary N) is 1. The first-order chi connectivity index (χ1) is 10.2. The van der Waals surface area contributed by atoms with E-state index in [-0.39, 0.29) is 0 Å². The molecule has 0 aliphatic rings. The third kappa shape index (κ3) is 4.33. The van der Waals surface area contributed by atoms with E-state index in [2.05, 4.69) is 28.5 Å². The van der Waals surface area contributed by atoms with Gasteiger partial charge in [0.15, 0.2) is 0 Å². The molecule has 0 saturated carbocycles. The Kier molecular flexibility index (Phi) is 5.35. The van der Waals surface area contributed by atoms with Gasteiger partial charge in [-0.2, -0.15) is 0 Å². The average Bonchev–Trinajstić information content (AvgIpc) is 2.53. The number of benzene rings is 2. The minimum atomic E-state index is 0.529. The number of hydrogen-bond acceptors (Lipinski definition) is 3. The fourth-order valence-corrected chi connectivity index (χ4v) is 2.05. The summed E-state index contributed by atoms with van der Waals surface area (Å²) in [6.07, 6.45) is 0. The molecule has 0 aromatic heterocycles. The van der Waals surface area contributed by atoms with Crippen molar-refractivity contribution >= 4 is 5.84 Å². The largest absolute Gasteiger partial charge is 0.489 e. The molecule has 0 bridgehead atoms. The van der Waals surface area contributed by atoms with E-state index >= 15 is 0 Å². The second kappa shape index (κ2) is 7.45. The van der Waals surface area contributed by atoms with E-state index in [4.69, 9.17) is 10.5 Å². The lowest BCUT2D eigenvalue weighted by atomic mass is 10.1. The van der Waals surface area contributed by atoms with E-state index in [1.165, 1.54) is 5.56 Å². The average molecular weight is 283 g/mol. The first-order valence-electron chi connectivity index (χ1n) is 6.91. The molecule has 2 aromatic rings. The Morgan fingerprint density at radius 1 is 1.14 bits per heavy atom. The van der Waals surface area contributed by atoms with Crippen molar-refractivity contribution in [1.82, 2.24) is 5.32 Å². The smallest absolute Gasteiger partial charge is 0.125 e. The lowest BCUT2D eigenvalue weighted by molar-refractivity contribution is 0.306. The molecule has 3 N–H and O–H groups in total. The van der Waals surface area contributed by atoms with Gasteiger partial charge in [-0.25, -0.2) is 0 Å². The van der Waals surface area contributed by atoms with Crippen molar-refractivity contribution in [3.05, 3.63) is 65.2 Å². The number of ether oxygens (including phenoxy) is 1. The van der Waals surface area contributed by atoms with E-state index in [0.717, 1.165) is 23.4 Å². The van der Waals surface area contributed by atoms with Gasteiger partial charge in [-0.1, -0.05) is 24.3 Å². The zero-order valence-corrected chi connectivity index (χ0v) is 12.5. The van der Waals surface area contributed by atoms with Gasteiger partial charge in [-0.3, -0.25) is 4.99 Å². The van der Waals surface area contributed by atoms with Gasteiger partial charge in [0.05, 0.1) is 0 Å². The van der Waals surface area contributed by atoms with Crippen LogP contribution in [0.15, 0.2) is 53.5 Å². The standard InChI is InChI=1S/C17H21N3O/c1-19-11-13-4-3-5-14(10-13)12-21-16-8-6-15(7-9-16)17(18)20-2/h3-10,19H,11-12H2,1-2H3,(H2,18,20). The molecule has 110 valence electrons. The summed E-state index contributed by atoms with van der Waals surface area (Å²) in [5, 5.41) is 3.14. The van der Waals surface area contributed by atoms with Crippen LogP contribution in [0.25, 0.3) is 0 Å². The van der Waals surface area contributed by atoms with Crippen LogP contribution in [0.5, 0.6) is 5.75 Å². The minimum absolute atomic E-state index is 0.529. The van der Waals surface area contributed by atoms with Gasteiger partial charge in [0.2, 0.25) is 0 Å².